The number of carbonyl (C=O) groups excluding carboxylic acids is 3. The van der Waals surface area contributed by atoms with Gasteiger partial charge in [0.25, 0.3) is 0 Å². The summed E-state index contributed by atoms with van der Waals surface area (Å²) in [6.45, 7) is 13.2. The minimum atomic E-state index is -3.15. The van der Waals surface area contributed by atoms with Crippen LogP contribution in [-0.2, 0) is 46.9 Å². The lowest BCUT2D eigenvalue weighted by Crippen LogP contribution is -2.51. The molecule has 0 saturated heterocycles. The van der Waals surface area contributed by atoms with Crippen LogP contribution in [0.1, 0.15) is 167 Å². The number of fused-ring (bicyclic) bond motifs is 3. The first kappa shape index (κ1) is 65.0. The number of hydrogen-bond acceptors (Lipinski definition) is 12. The van der Waals surface area contributed by atoms with Crippen LogP contribution in [0, 0.1) is 0 Å². The highest BCUT2D eigenvalue weighted by Gasteiger charge is 2.30. The Kier molecular flexibility index (Phi) is 36.8. The van der Waals surface area contributed by atoms with Crippen molar-refractivity contribution in [3.05, 3.63) is 71.8 Å². The first-order valence-electron chi connectivity index (χ1n) is 28.3. The number of rotatable bonds is 47. The lowest BCUT2D eigenvalue weighted by molar-refractivity contribution is -0.123. The van der Waals surface area contributed by atoms with Crippen molar-refractivity contribution in [3.8, 4) is 11.1 Å². The van der Waals surface area contributed by atoms with Gasteiger partial charge in [-0.25, -0.2) is 4.79 Å². The number of carbonyl (C=O) groups is 3. The van der Waals surface area contributed by atoms with E-state index in [0.717, 1.165) is 54.4 Å². The molecule has 0 radical (unpaired) electrons. The molecule has 0 fully saturated rings. The van der Waals surface area contributed by atoms with Crippen molar-refractivity contribution in [2.45, 2.75) is 174 Å². The number of amides is 3. The van der Waals surface area contributed by atoms with E-state index in [9.17, 15) is 18.9 Å². The lowest BCUT2D eigenvalue weighted by atomic mass is 9.98. The van der Waals surface area contributed by atoms with Crippen molar-refractivity contribution in [3.63, 3.8) is 0 Å². The Hall–Kier alpha value is -3.27. The summed E-state index contributed by atoms with van der Waals surface area (Å²) in [5.74, 6) is 0.0248. The maximum absolute atomic E-state index is 14.0. The highest BCUT2D eigenvalue weighted by molar-refractivity contribution is 7.99. The number of benzene rings is 2. The van der Waals surface area contributed by atoms with E-state index in [2.05, 4.69) is 54.1 Å². The van der Waals surface area contributed by atoms with E-state index < -0.39 is 19.7 Å². The van der Waals surface area contributed by atoms with Crippen molar-refractivity contribution < 1.29 is 51.7 Å². The molecule has 1 aliphatic rings. The molecule has 0 spiro atoms. The monoisotopic (exact) mass is 1070 g/mol. The molecule has 0 aromatic heterocycles. The SMILES string of the molecule is CCCCCCCCCC=CC(=O)N[C@H](COCCCCCCCCCCCC)CSC[C@H](NC(=O)OCC1c2ccccc2-c2ccccc21)C(=O)N[C@@H](C)COCCOCCOCCP(=O)(OCC)OCC. The summed E-state index contributed by atoms with van der Waals surface area (Å²) in [6, 6.07) is 14.7. The van der Waals surface area contributed by atoms with E-state index >= 15 is 0 Å². The quantitative estimate of drug-likeness (QED) is 0.0326. The molecule has 3 atom stereocenters. The Morgan fingerprint density at radius 3 is 1.73 bits per heavy atom. The highest BCUT2D eigenvalue weighted by atomic mass is 32.2. The Morgan fingerprint density at radius 1 is 0.608 bits per heavy atom. The molecule has 0 saturated carbocycles. The minimum absolute atomic E-state index is 0.112. The molecule has 1 aliphatic carbocycles. The van der Waals surface area contributed by atoms with Crippen molar-refractivity contribution in [2.24, 2.45) is 0 Å². The van der Waals surface area contributed by atoms with E-state index in [1.807, 2.05) is 37.3 Å². The number of hydrogen-bond donors (Lipinski definition) is 3. The lowest BCUT2D eigenvalue weighted by Gasteiger charge is -2.23. The van der Waals surface area contributed by atoms with Crippen LogP contribution < -0.4 is 16.0 Å². The Bertz CT molecular complexity index is 1820. The molecular formula is C58H96N3O11PS. The predicted molar refractivity (Wildman–Crippen MR) is 301 cm³/mol. The summed E-state index contributed by atoms with van der Waals surface area (Å²) < 4.78 is 52.2. The summed E-state index contributed by atoms with van der Waals surface area (Å²) in [4.78, 5) is 40.8. The Labute approximate surface area is 450 Å². The standard InChI is InChI=1S/C58H96N3O11PS/c1-6-10-12-14-16-18-20-22-24-30-36-68-44-49(60-56(62)35-25-23-21-19-17-15-13-11-7-2)46-74-47-55(61-58(64)70-45-54-52-33-28-26-31-50(52)51-32-27-29-34-53(51)54)57(63)59-48(5)43-69-40-39-66-37-38-67-41-42-73(65,71-8-3)72-9-4/h25-29,31-35,48-49,54-55H,6-24,30,36-47H2,1-5H3,(H,59,63)(H,60,62)(H,61,64)/t48-,49+,55-/m0/s1. The van der Waals surface area contributed by atoms with Gasteiger partial charge >= 0.3 is 13.7 Å². The van der Waals surface area contributed by atoms with Crippen LogP contribution in [0.5, 0.6) is 0 Å². The minimum Gasteiger partial charge on any atom is -0.449 e. The van der Waals surface area contributed by atoms with Crippen molar-refractivity contribution in [1.29, 1.82) is 0 Å². The summed E-state index contributed by atoms with van der Waals surface area (Å²) in [5, 5.41) is 9.02. The number of alkyl carbamates (subject to hydrolysis) is 1. The molecule has 420 valence electrons. The molecule has 14 nitrogen and oxygen atoms in total. The van der Waals surface area contributed by atoms with Gasteiger partial charge in [0, 0.05) is 30.1 Å². The Balaban J connectivity index is 1.56. The molecule has 0 bridgehead atoms. The average molecular weight is 1070 g/mol. The van der Waals surface area contributed by atoms with E-state index in [-0.39, 0.29) is 61.6 Å². The van der Waals surface area contributed by atoms with Gasteiger partial charge in [0.2, 0.25) is 11.8 Å². The van der Waals surface area contributed by atoms with Crippen molar-refractivity contribution >= 4 is 37.3 Å². The van der Waals surface area contributed by atoms with Crippen LogP contribution in [0.15, 0.2) is 60.7 Å². The number of thioether (sulfide) groups is 1. The third-order valence-corrected chi connectivity index (χ3v) is 16.0. The first-order chi connectivity index (χ1) is 36.1. The molecule has 74 heavy (non-hydrogen) atoms. The fraction of sp³-hybridized carbons (Fsp3) is 0.707. The highest BCUT2D eigenvalue weighted by Crippen LogP contribution is 2.47. The van der Waals surface area contributed by atoms with Gasteiger partial charge in [0.15, 0.2) is 0 Å². The molecule has 0 unspecified atom stereocenters. The van der Waals surface area contributed by atoms with Crippen LogP contribution in [0.2, 0.25) is 0 Å². The molecular weight excluding hydrogens is 978 g/mol. The van der Waals surface area contributed by atoms with Gasteiger partial charge in [-0.05, 0) is 68.4 Å². The van der Waals surface area contributed by atoms with Gasteiger partial charge in [0.05, 0.1) is 71.7 Å². The second-order valence-corrected chi connectivity index (χ2v) is 22.5. The molecule has 3 N–H and O–H groups in total. The number of ether oxygens (including phenoxy) is 5. The van der Waals surface area contributed by atoms with E-state index in [1.54, 1.807) is 19.9 Å². The van der Waals surface area contributed by atoms with Crippen molar-refractivity contribution in [1.82, 2.24) is 16.0 Å². The maximum atomic E-state index is 14.0. The fourth-order valence-corrected chi connectivity index (χ4v) is 11.4. The number of nitrogens with one attached hydrogen (secondary N) is 3. The maximum Gasteiger partial charge on any atom is 0.407 e. The number of allylic oxidation sites excluding steroid dienone is 1. The predicted octanol–water partition coefficient (Wildman–Crippen LogP) is 12.6. The molecule has 2 aromatic carbocycles. The molecule has 3 rings (SSSR count). The second-order valence-electron chi connectivity index (χ2n) is 19.2. The van der Waals surface area contributed by atoms with E-state index in [1.165, 1.54) is 95.2 Å². The summed E-state index contributed by atoms with van der Waals surface area (Å²) in [5.41, 5.74) is 4.44. The van der Waals surface area contributed by atoms with Gasteiger partial charge in [-0.3, -0.25) is 14.2 Å². The second kappa shape index (κ2) is 41.8. The third kappa shape index (κ3) is 28.7. The molecule has 3 amide bonds. The summed E-state index contributed by atoms with van der Waals surface area (Å²) in [7, 11) is -3.15. The fourth-order valence-electron chi connectivity index (χ4n) is 8.82. The van der Waals surface area contributed by atoms with Gasteiger partial charge < -0.3 is 48.7 Å². The van der Waals surface area contributed by atoms with Crippen molar-refractivity contribution in [2.75, 3.05) is 90.3 Å². The summed E-state index contributed by atoms with van der Waals surface area (Å²) in [6.07, 6.45) is 24.9. The van der Waals surface area contributed by atoms with Crippen LogP contribution in [0.3, 0.4) is 0 Å². The largest absolute Gasteiger partial charge is 0.449 e. The van der Waals surface area contributed by atoms with Gasteiger partial charge in [-0.2, -0.15) is 11.8 Å². The zero-order chi connectivity index (χ0) is 53.3. The summed E-state index contributed by atoms with van der Waals surface area (Å²) >= 11 is 1.47. The van der Waals surface area contributed by atoms with Crippen LogP contribution in [0.4, 0.5) is 4.79 Å². The van der Waals surface area contributed by atoms with Crippen LogP contribution in [-0.4, -0.2) is 126 Å². The van der Waals surface area contributed by atoms with Gasteiger partial charge in [-0.1, -0.05) is 165 Å². The van der Waals surface area contributed by atoms with E-state index in [0.29, 0.717) is 58.6 Å². The smallest absolute Gasteiger partial charge is 0.407 e. The Morgan fingerprint density at radius 2 is 1.14 bits per heavy atom. The first-order valence-corrected chi connectivity index (χ1v) is 31.2. The third-order valence-electron chi connectivity index (χ3n) is 12.8. The molecule has 0 aliphatic heterocycles. The molecule has 16 heteroatoms. The van der Waals surface area contributed by atoms with Crippen LogP contribution in [0.25, 0.3) is 11.1 Å². The van der Waals surface area contributed by atoms with Gasteiger partial charge in [0.1, 0.15) is 12.6 Å². The van der Waals surface area contributed by atoms with Crippen LogP contribution >= 0.6 is 19.4 Å². The topological polar surface area (TPSA) is 169 Å². The zero-order valence-electron chi connectivity index (χ0n) is 46.1. The zero-order valence-corrected chi connectivity index (χ0v) is 47.8. The number of unbranched alkanes of at least 4 members (excludes halogenated alkanes) is 16. The van der Waals surface area contributed by atoms with E-state index in [4.69, 9.17) is 32.7 Å². The normalized spacial score (nSPS) is 13.6. The average Bonchev–Trinajstić information content (AvgIpc) is 3.71. The molecule has 2 aromatic rings. The molecule has 0 heterocycles. The van der Waals surface area contributed by atoms with Gasteiger partial charge in [-0.15, -0.1) is 0 Å².